The van der Waals surface area contributed by atoms with Crippen molar-refractivity contribution in [3.05, 3.63) is 71.2 Å². The Morgan fingerprint density at radius 2 is 2.07 bits per heavy atom. The van der Waals surface area contributed by atoms with Gasteiger partial charge >= 0.3 is 0 Å². The summed E-state index contributed by atoms with van der Waals surface area (Å²) in [5.74, 6) is 0.950. The highest BCUT2D eigenvalue weighted by Crippen LogP contribution is 2.28. The van der Waals surface area contributed by atoms with Gasteiger partial charge in [-0.05, 0) is 43.7 Å². The second kappa shape index (κ2) is 7.03. The molecule has 2 aromatic heterocycles. The van der Waals surface area contributed by atoms with Crippen molar-refractivity contribution in [1.29, 1.82) is 0 Å². The average Bonchev–Trinajstić information content (AvgIpc) is 3.31. The Hall–Kier alpha value is -3.48. The first-order valence-electron chi connectivity index (χ1n) is 8.63. The molecule has 0 unspecified atom stereocenters. The number of carbonyl (C=O) groups excluding carboxylic acids is 1. The molecule has 27 heavy (non-hydrogen) atoms. The van der Waals surface area contributed by atoms with E-state index in [0.717, 1.165) is 28.2 Å². The molecule has 3 aromatic rings. The van der Waals surface area contributed by atoms with E-state index in [1.165, 1.54) is 12.3 Å². The van der Waals surface area contributed by atoms with E-state index in [9.17, 15) is 4.79 Å². The number of rotatable bonds is 5. The summed E-state index contributed by atoms with van der Waals surface area (Å²) in [4.78, 5) is 21.0. The van der Waals surface area contributed by atoms with Gasteiger partial charge in [0.15, 0.2) is 0 Å². The van der Waals surface area contributed by atoms with Gasteiger partial charge in [0.25, 0.3) is 5.91 Å². The molecule has 0 saturated heterocycles. The third kappa shape index (κ3) is 3.57. The zero-order valence-corrected chi connectivity index (χ0v) is 15.0. The van der Waals surface area contributed by atoms with E-state index in [4.69, 9.17) is 9.26 Å². The molecular weight excluding hydrogens is 344 g/mol. The van der Waals surface area contributed by atoms with Gasteiger partial charge < -0.3 is 14.6 Å². The highest BCUT2D eigenvalue weighted by Gasteiger charge is 2.19. The topological polar surface area (TPSA) is 89.6 Å². The van der Waals surface area contributed by atoms with Crippen LogP contribution in [-0.2, 0) is 6.54 Å². The van der Waals surface area contributed by atoms with E-state index in [2.05, 4.69) is 20.4 Å². The van der Waals surface area contributed by atoms with Crippen LogP contribution in [0, 0.1) is 0 Å². The van der Waals surface area contributed by atoms with Crippen molar-refractivity contribution in [2.45, 2.75) is 26.5 Å². The lowest BCUT2D eigenvalue weighted by Gasteiger charge is -2.12. The van der Waals surface area contributed by atoms with Gasteiger partial charge in [0, 0.05) is 23.4 Å². The van der Waals surface area contributed by atoms with Crippen molar-refractivity contribution in [1.82, 2.24) is 10.1 Å². The molecule has 1 N–H and O–H groups in total. The molecule has 7 heteroatoms. The maximum atomic E-state index is 12.1. The molecule has 7 nitrogen and oxygen atoms in total. The van der Waals surface area contributed by atoms with Gasteiger partial charge in [-0.25, -0.2) is 4.98 Å². The van der Waals surface area contributed by atoms with Crippen molar-refractivity contribution in [2.75, 3.05) is 5.32 Å². The van der Waals surface area contributed by atoms with E-state index >= 15 is 0 Å². The molecule has 0 aliphatic carbocycles. The molecule has 0 bridgehead atoms. The fourth-order valence-electron chi connectivity index (χ4n) is 2.91. The van der Waals surface area contributed by atoms with Gasteiger partial charge in [-0.15, -0.1) is 0 Å². The summed E-state index contributed by atoms with van der Waals surface area (Å²) < 4.78 is 10.7. The smallest absolute Gasteiger partial charge is 0.295 e. The SMILES string of the molecule is CC(C)Oc1ccc2c(c1)C(c1ccnc(NC(=O)c3ccno3)c1)=NC2. The first-order valence-corrected chi connectivity index (χ1v) is 8.63. The van der Waals surface area contributed by atoms with Crippen LogP contribution in [0.25, 0.3) is 0 Å². The summed E-state index contributed by atoms with van der Waals surface area (Å²) in [5.41, 5.74) is 3.91. The number of aliphatic imine (C=N–C) groups is 1. The maximum absolute atomic E-state index is 12.1. The zero-order valence-electron chi connectivity index (χ0n) is 15.0. The van der Waals surface area contributed by atoms with Crippen LogP contribution < -0.4 is 10.1 Å². The van der Waals surface area contributed by atoms with Crippen molar-refractivity contribution in [2.24, 2.45) is 4.99 Å². The molecule has 1 aliphatic rings. The lowest BCUT2D eigenvalue weighted by Crippen LogP contribution is -2.13. The lowest BCUT2D eigenvalue weighted by molar-refractivity contribution is 0.0987. The van der Waals surface area contributed by atoms with Crippen molar-refractivity contribution >= 4 is 17.4 Å². The van der Waals surface area contributed by atoms with Gasteiger partial charge in [0.05, 0.1) is 24.6 Å². The Labute approximate surface area is 156 Å². The average molecular weight is 362 g/mol. The zero-order chi connectivity index (χ0) is 18.8. The first-order chi connectivity index (χ1) is 13.1. The van der Waals surface area contributed by atoms with E-state index < -0.39 is 5.91 Å². The van der Waals surface area contributed by atoms with E-state index in [0.29, 0.717) is 12.4 Å². The van der Waals surface area contributed by atoms with Crippen LogP contribution >= 0.6 is 0 Å². The Balaban J connectivity index is 1.60. The number of nitrogens with zero attached hydrogens (tertiary/aromatic N) is 3. The molecule has 0 saturated carbocycles. The summed E-state index contributed by atoms with van der Waals surface area (Å²) in [5, 5.41) is 6.24. The van der Waals surface area contributed by atoms with E-state index in [-0.39, 0.29) is 11.9 Å². The minimum absolute atomic E-state index is 0.101. The maximum Gasteiger partial charge on any atom is 0.295 e. The summed E-state index contributed by atoms with van der Waals surface area (Å²) in [6, 6.07) is 11.2. The van der Waals surface area contributed by atoms with Gasteiger partial charge in [0.2, 0.25) is 5.76 Å². The molecule has 0 spiro atoms. The molecule has 0 fully saturated rings. The lowest BCUT2D eigenvalue weighted by atomic mass is 10.0. The minimum Gasteiger partial charge on any atom is -0.491 e. The number of ether oxygens (including phenoxy) is 1. The quantitative estimate of drug-likeness (QED) is 0.751. The molecule has 4 rings (SSSR count). The Kier molecular flexibility index (Phi) is 4.42. The van der Waals surface area contributed by atoms with Crippen molar-refractivity contribution < 1.29 is 14.1 Å². The number of anilines is 1. The number of amides is 1. The summed E-state index contributed by atoms with van der Waals surface area (Å²) in [7, 11) is 0. The van der Waals surface area contributed by atoms with Crippen LogP contribution in [0.3, 0.4) is 0 Å². The molecule has 1 aromatic carbocycles. The fourth-order valence-corrected chi connectivity index (χ4v) is 2.91. The largest absolute Gasteiger partial charge is 0.491 e. The van der Waals surface area contributed by atoms with Crippen molar-refractivity contribution in [3.63, 3.8) is 0 Å². The number of pyridine rings is 1. The fraction of sp³-hybridized carbons (Fsp3) is 0.200. The van der Waals surface area contributed by atoms with E-state index in [1.807, 2.05) is 38.1 Å². The van der Waals surface area contributed by atoms with Crippen LogP contribution in [0.4, 0.5) is 5.82 Å². The van der Waals surface area contributed by atoms with Crippen LogP contribution in [0.5, 0.6) is 5.75 Å². The predicted molar refractivity (Wildman–Crippen MR) is 100 cm³/mol. The molecule has 1 aliphatic heterocycles. The van der Waals surface area contributed by atoms with Crippen LogP contribution in [-0.4, -0.2) is 27.9 Å². The first kappa shape index (κ1) is 17.0. The molecule has 0 radical (unpaired) electrons. The highest BCUT2D eigenvalue weighted by atomic mass is 16.5. The van der Waals surface area contributed by atoms with Gasteiger partial charge in [-0.1, -0.05) is 11.2 Å². The Morgan fingerprint density at radius 3 is 2.85 bits per heavy atom. The number of fused-ring (bicyclic) bond motifs is 1. The number of aromatic nitrogens is 2. The van der Waals surface area contributed by atoms with Crippen LogP contribution in [0.1, 0.15) is 41.1 Å². The number of hydrogen-bond acceptors (Lipinski definition) is 6. The third-order valence-corrected chi connectivity index (χ3v) is 4.05. The van der Waals surface area contributed by atoms with Gasteiger partial charge in [-0.2, -0.15) is 0 Å². The second-order valence-corrected chi connectivity index (χ2v) is 6.41. The van der Waals surface area contributed by atoms with Gasteiger partial charge in [-0.3, -0.25) is 9.79 Å². The monoisotopic (exact) mass is 362 g/mol. The molecule has 136 valence electrons. The van der Waals surface area contributed by atoms with Crippen LogP contribution in [0.15, 0.2) is 58.3 Å². The van der Waals surface area contributed by atoms with Gasteiger partial charge in [0.1, 0.15) is 11.6 Å². The second-order valence-electron chi connectivity index (χ2n) is 6.41. The van der Waals surface area contributed by atoms with E-state index in [1.54, 1.807) is 12.3 Å². The predicted octanol–water partition coefficient (Wildman–Crippen LogP) is 3.46. The third-order valence-electron chi connectivity index (χ3n) is 4.05. The summed E-state index contributed by atoms with van der Waals surface area (Å²) in [6.07, 6.45) is 3.16. The number of carbonyl (C=O) groups is 1. The standard InChI is InChI=1S/C20H18N4O3/c1-12(2)26-15-4-3-14-11-22-19(16(14)10-15)13-5-7-21-18(9-13)24-20(25)17-6-8-23-27-17/h3-10,12H,11H2,1-2H3,(H,21,24,25). The minimum atomic E-state index is -0.404. The number of benzene rings is 1. The summed E-state index contributed by atoms with van der Waals surface area (Å²) >= 11 is 0. The van der Waals surface area contributed by atoms with Crippen molar-refractivity contribution in [3.8, 4) is 5.75 Å². The molecule has 0 atom stereocenters. The Bertz CT molecular complexity index is 1010. The Morgan fingerprint density at radius 1 is 1.19 bits per heavy atom. The molecular formula is C20H18N4O3. The number of nitrogens with one attached hydrogen (secondary N) is 1. The molecule has 3 heterocycles. The van der Waals surface area contributed by atoms with Crippen LogP contribution in [0.2, 0.25) is 0 Å². The normalized spacial score (nSPS) is 12.6. The number of hydrogen-bond donors (Lipinski definition) is 1. The molecule has 1 amide bonds. The summed E-state index contributed by atoms with van der Waals surface area (Å²) in [6.45, 7) is 4.61. The highest BCUT2D eigenvalue weighted by molar-refractivity contribution is 6.15.